The number of hydrogen-bond donors (Lipinski definition) is 0. The second-order valence-corrected chi connectivity index (χ2v) is 6.81. The SMILES string of the molecule is Cc1cnn([C@@H]2CCCN(C(=O)[C@@H]3C[C@H]3c3cccnc3)C2)c1. The fourth-order valence-corrected chi connectivity index (χ4v) is 3.67. The summed E-state index contributed by atoms with van der Waals surface area (Å²) in [6.45, 7) is 3.72. The number of aryl methyl sites for hydroxylation is 1. The lowest BCUT2D eigenvalue weighted by molar-refractivity contribution is -0.134. The minimum Gasteiger partial charge on any atom is -0.340 e. The fraction of sp³-hybridized carbons (Fsp3) is 0.500. The largest absolute Gasteiger partial charge is 0.340 e. The van der Waals surface area contributed by atoms with Crippen molar-refractivity contribution in [2.75, 3.05) is 13.1 Å². The van der Waals surface area contributed by atoms with Gasteiger partial charge in [0.05, 0.1) is 12.2 Å². The molecule has 0 spiro atoms. The third kappa shape index (κ3) is 2.87. The Morgan fingerprint density at radius 3 is 3.00 bits per heavy atom. The van der Waals surface area contributed by atoms with Crippen LogP contribution in [0.3, 0.4) is 0 Å². The van der Waals surface area contributed by atoms with Gasteiger partial charge < -0.3 is 4.90 Å². The number of pyridine rings is 1. The average molecular weight is 310 g/mol. The van der Waals surface area contributed by atoms with Crippen LogP contribution in [0.25, 0.3) is 0 Å². The van der Waals surface area contributed by atoms with Crippen molar-refractivity contribution in [2.45, 2.75) is 38.1 Å². The van der Waals surface area contributed by atoms with Gasteiger partial charge in [0.1, 0.15) is 0 Å². The molecule has 1 aliphatic carbocycles. The van der Waals surface area contributed by atoms with Crippen LogP contribution in [-0.2, 0) is 4.79 Å². The summed E-state index contributed by atoms with van der Waals surface area (Å²) in [4.78, 5) is 19.0. The molecule has 2 fully saturated rings. The summed E-state index contributed by atoms with van der Waals surface area (Å²) in [7, 11) is 0. The van der Waals surface area contributed by atoms with E-state index in [0.29, 0.717) is 17.9 Å². The van der Waals surface area contributed by atoms with Crippen molar-refractivity contribution in [3.63, 3.8) is 0 Å². The molecule has 2 aromatic rings. The van der Waals surface area contributed by atoms with Crippen LogP contribution in [0, 0.1) is 12.8 Å². The van der Waals surface area contributed by atoms with Gasteiger partial charge in [0.25, 0.3) is 0 Å². The standard InChI is InChI=1S/C18H22N4O/c1-13-9-20-22(11-13)15-5-3-7-21(12-15)18(23)17-8-16(17)14-4-2-6-19-10-14/h2,4,6,9-11,15-17H,3,5,7-8,12H2,1H3/t15-,16+,17-/m1/s1. The third-order valence-electron chi connectivity index (χ3n) is 5.03. The molecule has 5 nitrogen and oxygen atoms in total. The van der Waals surface area contributed by atoms with Crippen molar-refractivity contribution in [1.82, 2.24) is 19.7 Å². The lowest BCUT2D eigenvalue weighted by atomic mass is 10.0. The summed E-state index contributed by atoms with van der Waals surface area (Å²) >= 11 is 0. The van der Waals surface area contributed by atoms with Crippen LogP contribution >= 0.6 is 0 Å². The van der Waals surface area contributed by atoms with E-state index in [0.717, 1.165) is 32.4 Å². The summed E-state index contributed by atoms with van der Waals surface area (Å²) in [6.07, 6.45) is 10.8. The molecule has 4 rings (SSSR count). The molecule has 2 aromatic heterocycles. The van der Waals surface area contributed by atoms with Crippen molar-refractivity contribution in [3.8, 4) is 0 Å². The maximum atomic E-state index is 12.8. The molecule has 23 heavy (non-hydrogen) atoms. The number of nitrogens with zero attached hydrogens (tertiary/aromatic N) is 4. The van der Waals surface area contributed by atoms with E-state index in [2.05, 4.69) is 29.3 Å². The van der Waals surface area contributed by atoms with E-state index < -0.39 is 0 Å². The van der Waals surface area contributed by atoms with Gasteiger partial charge in [0, 0.05) is 37.6 Å². The molecule has 1 aliphatic heterocycles. The van der Waals surface area contributed by atoms with Crippen molar-refractivity contribution in [3.05, 3.63) is 48.0 Å². The van der Waals surface area contributed by atoms with E-state index in [4.69, 9.17) is 0 Å². The van der Waals surface area contributed by atoms with Crippen LogP contribution in [0.15, 0.2) is 36.9 Å². The van der Waals surface area contributed by atoms with Crippen LogP contribution < -0.4 is 0 Å². The molecule has 0 unspecified atom stereocenters. The number of piperidine rings is 1. The van der Waals surface area contributed by atoms with Crippen molar-refractivity contribution in [2.24, 2.45) is 5.92 Å². The lowest BCUT2D eigenvalue weighted by Gasteiger charge is -2.33. The van der Waals surface area contributed by atoms with E-state index in [1.807, 2.05) is 28.0 Å². The third-order valence-corrected chi connectivity index (χ3v) is 5.03. The molecule has 0 N–H and O–H groups in total. The fourth-order valence-electron chi connectivity index (χ4n) is 3.67. The first-order valence-corrected chi connectivity index (χ1v) is 8.42. The highest BCUT2D eigenvalue weighted by atomic mass is 16.2. The smallest absolute Gasteiger partial charge is 0.226 e. The average Bonchev–Trinajstić information content (AvgIpc) is 3.29. The van der Waals surface area contributed by atoms with E-state index in [1.165, 1.54) is 11.1 Å². The van der Waals surface area contributed by atoms with Gasteiger partial charge in [-0.1, -0.05) is 6.07 Å². The zero-order valence-electron chi connectivity index (χ0n) is 13.4. The maximum absolute atomic E-state index is 12.8. The first-order valence-electron chi connectivity index (χ1n) is 8.42. The first-order chi connectivity index (χ1) is 11.2. The molecular weight excluding hydrogens is 288 g/mol. The zero-order valence-corrected chi connectivity index (χ0v) is 13.4. The molecule has 3 atom stereocenters. The molecular formula is C18H22N4O. The number of aromatic nitrogens is 3. The number of amides is 1. The number of likely N-dealkylation sites (tertiary alicyclic amines) is 1. The van der Waals surface area contributed by atoms with Crippen LogP contribution in [0.1, 0.15) is 42.3 Å². The van der Waals surface area contributed by atoms with E-state index in [9.17, 15) is 4.79 Å². The topological polar surface area (TPSA) is 51.0 Å². The molecule has 5 heteroatoms. The molecule has 1 saturated carbocycles. The Hall–Kier alpha value is -2.17. The minimum atomic E-state index is 0.150. The Balaban J connectivity index is 1.41. The number of carbonyl (C=O) groups excluding carboxylic acids is 1. The lowest BCUT2D eigenvalue weighted by Crippen LogP contribution is -2.41. The molecule has 1 saturated heterocycles. The Morgan fingerprint density at radius 2 is 2.26 bits per heavy atom. The second kappa shape index (κ2) is 5.80. The summed E-state index contributed by atoms with van der Waals surface area (Å²) in [5.41, 5.74) is 2.37. The zero-order chi connectivity index (χ0) is 15.8. The summed E-state index contributed by atoms with van der Waals surface area (Å²) in [5, 5.41) is 4.43. The van der Waals surface area contributed by atoms with Crippen LogP contribution in [0.2, 0.25) is 0 Å². The number of carbonyl (C=O) groups is 1. The Morgan fingerprint density at radius 1 is 1.35 bits per heavy atom. The highest BCUT2D eigenvalue weighted by molar-refractivity contribution is 5.83. The molecule has 0 bridgehead atoms. The van der Waals surface area contributed by atoms with Gasteiger partial charge in [0.2, 0.25) is 5.91 Å². The van der Waals surface area contributed by atoms with Gasteiger partial charge in [-0.25, -0.2) is 0 Å². The highest BCUT2D eigenvalue weighted by Gasteiger charge is 2.46. The van der Waals surface area contributed by atoms with Gasteiger partial charge in [-0.05, 0) is 49.3 Å². The van der Waals surface area contributed by atoms with Crippen LogP contribution in [0.4, 0.5) is 0 Å². The van der Waals surface area contributed by atoms with Gasteiger partial charge in [-0.2, -0.15) is 5.10 Å². The van der Waals surface area contributed by atoms with Gasteiger partial charge >= 0.3 is 0 Å². The van der Waals surface area contributed by atoms with E-state index in [-0.39, 0.29) is 5.92 Å². The Kier molecular flexibility index (Phi) is 3.63. The molecule has 120 valence electrons. The molecule has 2 aliphatic rings. The Bertz CT molecular complexity index is 696. The van der Waals surface area contributed by atoms with E-state index in [1.54, 1.807) is 6.20 Å². The molecule has 0 aromatic carbocycles. The predicted molar refractivity (Wildman–Crippen MR) is 86.9 cm³/mol. The molecule has 0 radical (unpaired) electrons. The van der Waals surface area contributed by atoms with Crippen molar-refractivity contribution >= 4 is 5.91 Å². The van der Waals surface area contributed by atoms with Crippen molar-refractivity contribution in [1.29, 1.82) is 0 Å². The van der Waals surface area contributed by atoms with Gasteiger partial charge in [0.15, 0.2) is 0 Å². The summed E-state index contributed by atoms with van der Waals surface area (Å²) in [5.74, 6) is 0.827. The van der Waals surface area contributed by atoms with Gasteiger partial charge in [-0.15, -0.1) is 0 Å². The minimum absolute atomic E-state index is 0.150. The van der Waals surface area contributed by atoms with Crippen LogP contribution in [-0.4, -0.2) is 38.7 Å². The Labute approximate surface area is 136 Å². The second-order valence-electron chi connectivity index (χ2n) is 6.81. The molecule has 3 heterocycles. The summed E-state index contributed by atoms with van der Waals surface area (Å²) in [6, 6.07) is 4.35. The highest BCUT2D eigenvalue weighted by Crippen LogP contribution is 2.48. The quantitative estimate of drug-likeness (QED) is 0.875. The maximum Gasteiger partial charge on any atom is 0.226 e. The summed E-state index contributed by atoms with van der Waals surface area (Å²) < 4.78 is 2.03. The normalized spacial score (nSPS) is 27.0. The predicted octanol–water partition coefficient (Wildman–Crippen LogP) is 2.55. The number of hydrogen-bond acceptors (Lipinski definition) is 3. The monoisotopic (exact) mass is 310 g/mol. The van der Waals surface area contributed by atoms with Gasteiger partial charge in [-0.3, -0.25) is 14.5 Å². The number of rotatable bonds is 3. The van der Waals surface area contributed by atoms with E-state index >= 15 is 0 Å². The van der Waals surface area contributed by atoms with Crippen molar-refractivity contribution < 1.29 is 4.79 Å². The molecule has 1 amide bonds. The first kappa shape index (κ1) is 14.4. The van der Waals surface area contributed by atoms with Crippen LogP contribution in [0.5, 0.6) is 0 Å².